The van der Waals surface area contributed by atoms with E-state index in [0.717, 1.165) is 51.4 Å². The van der Waals surface area contributed by atoms with Crippen molar-refractivity contribution in [3.63, 3.8) is 0 Å². The van der Waals surface area contributed by atoms with Crippen LogP contribution in [-0.2, 0) is 4.79 Å². The quantitative estimate of drug-likeness (QED) is 0.162. The summed E-state index contributed by atoms with van der Waals surface area (Å²) in [7, 11) is 0. The molecule has 0 fully saturated rings. The lowest BCUT2D eigenvalue weighted by molar-refractivity contribution is -0.480. The summed E-state index contributed by atoms with van der Waals surface area (Å²) >= 11 is 0. The molecule has 0 saturated heterocycles. The summed E-state index contributed by atoms with van der Waals surface area (Å²) in [6.45, 7) is 0.0919. The molecule has 0 aliphatic heterocycles. The van der Waals surface area contributed by atoms with Gasteiger partial charge in [-0.15, -0.1) is 0 Å². The molecule has 0 aromatic rings. The summed E-state index contributed by atoms with van der Waals surface area (Å²) < 4.78 is 0. The molecule has 0 N–H and O–H groups in total. The van der Waals surface area contributed by atoms with Crippen molar-refractivity contribution >= 4 is 6.29 Å². The van der Waals surface area contributed by atoms with Gasteiger partial charge in [0.1, 0.15) is 0 Å². The number of rotatable bonds is 16. The Hall–Kier alpha value is -1.97. The maximum Gasteiger partial charge on any atom is 0.203 e. The van der Waals surface area contributed by atoms with Crippen molar-refractivity contribution in [1.29, 1.82) is 0 Å². The third-order valence-electron chi connectivity index (χ3n) is 3.34. The molecule has 0 unspecified atom stereocenters. The Balaban J connectivity index is 3.39. The fraction of sp³-hybridized carbons (Fsp3) is 0.550. The summed E-state index contributed by atoms with van der Waals surface area (Å²) in [6, 6.07) is 0. The van der Waals surface area contributed by atoms with Crippen molar-refractivity contribution in [3.05, 3.63) is 58.7 Å². The van der Waals surface area contributed by atoms with Gasteiger partial charge in [0.05, 0.1) is 0 Å². The molecule has 0 rings (SSSR count). The van der Waals surface area contributed by atoms with Crippen LogP contribution in [0.1, 0.15) is 64.2 Å². The van der Waals surface area contributed by atoms with Gasteiger partial charge in [-0.2, -0.15) is 0 Å². The van der Waals surface area contributed by atoms with Crippen LogP contribution in [0.5, 0.6) is 0 Å². The van der Waals surface area contributed by atoms with Gasteiger partial charge < -0.3 is 0 Å². The molecule has 4 heteroatoms. The molecule has 0 aliphatic rings. The lowest BCUT2D eigenvalue weighted by Gasteiger charge is -1.93. The molecule has 0 aromatic heterocycles. The van der Waals surface area contributed by atoms with E-state index >= 15 is 0 Å². The Bertz CT molecular complexity index is 423. The van der Waals surface area contributed by atoms with Crippen LogP contribution < -0.4 is 0 Å². The first kappa shape index (κ1) is 22.0. The van der Waals surface area contributed by atoms with E-state index in [1.54, 1.807) is 0 Å². The highest BCUT2D eigenvalue weighted by atomic mass is 16.6. The second-order valence-corrected chi connectivity index (χ2v) is 5.53. The summed E-state index contributed by atoms with van der Waals surface area (Å²) in [5, 5.41) is 10.1. The predicted octanol–water partition coefficient (Wildman–Crippen LogP) is 5.50. The summed E-state index contributed by atoms with van der Waals surface area (Å²) in [4.78, 5) is 19.9. The van der Waals surface area contributed by atoms with E-state index in [2.05, 4.69) is 48.6 Å². The first-order chi connectivity index (χ1) is 11.8. The Morgan fingerprint density at radius 3 is 1.71 bits per heavy atom. The van der Waals surface area contributed by atoms with Gasteiger partial charge in [-0.1, -0.05) is 48.6 Å². The molecule has 0 amide bonds. The molecular formula is C20H30NO3. The van der Waals surface area contributed by atoms with Crippen molar-refractivity contribution in [1.82, 2.24) is 0 Å². The van der Waals surface area contributed by atoms with Gasteiger partial charge in [-0.05, 0) is 51.4 Å². The highest BCUT2D eigenvalue weighted by Crippen LogP contribution is 2.02. The molecule has 0 aliphatic carbocycles. The number of hydrogen-bond donors (Lipinski definition) is 0. The van der Waals surface area contributed by atoms with Crippen molar-refractivity contribution in [2.24, 2.45) is 0 Å². The third kappa shape index (κ3) is 20.0. The van der Waals surface area contributed by atoms with Crippen molar-refractivity contribution < 1.29 is 9.72 Å². The molecule has 1 radical (unpaired) electrons. The van der Waals surface area contributed by atoms with E-state index in [-0.39, 0.29) is 11.5 Å². The van der Waals surface area contributed by atoms with Gasteiger partial charge in [0.15, 0.2) is 6.29 Å². The lowest BCUT2D eigenvalue weighted by atomic mass is 10.2. The molecule has 0 atom stereocenters. The van der Waals surface area contributed by atoms with E-state index in [0.29, 0.717) is 12.8 Å². The van der Waals surface area contributed by atoms with E-state index in [9.17, 15) is 14.9 Å². The zero-order valence-electron chi connectivity index (χ0n) is 14.6. The number of unbranched alkanes of at least 4 members (excludes halogenated alkanes) is 5. The molecule has 4 nitrogen and oxygen atoms in total. The van der Waals surface area contributed by atoms with Crippen LogP contribution in [0.2, 0.25) is 0 Å². The van der Waals surface area contributed by atoms with Gasteiger partial charge in [0.2, 0.25) is 6.54 Å². The topological polar surface area (TPSA) is 60.2 Å². The summed E-state index contributed by atoms with van der Waals surface area (Å²) in [5.41, 5.74) is 0. The lowest BCUT2D eigenvalue weighted by Crippen LogP contribution is -1.99. The van der Waals surface area contributed by atoms with Crippen LogP contribution in [-0.4, -0.2) is 17.8 Å². The molecule has 24 heavy (non-hydrogen) atoms. The zero-order chi connectivity index (χ0) is 17.7. The Morgan fingerprint density at radius 2 is 1.21 bits per heavy atom. The van der Waals surface area contributed by atoms with Crippen LogP contribution in [0.25, 0.3) is 0 Å². The fourth-order valence-electron chi connectivity index (χ4n) is 2.02. The van der Waals surface area contributed by atoms with E-state index in [1.807, 2.05) is 6.29 Å². The minimum Gasteiger partial charge on any atom is -0.291 e. The molecule has 0 bridgehead atoms. The molecule has 133 valence electrons. The smallest absolute Gasteiger partial charge is 0.203 e. The van der Waals surface area contributed by atoms with Crippen molar-refractivity contribution in [2.75, 3.05) is 6.54 Å². The average molecular weight is 332 g/mol. The summed E-state index contributed by atoms with van der Waals surface area (Å²) in [6.07, 6.45) is 27.9. The number of carbonyl (C=O) groups excluding carboxylic acids is 1. The van der Waals surface area contributed by atoms with Gasteiger partial charge in [0.25, 0.3) is 0 Å². The van der Waals surface area contributed by atoms with Crippen LogP contribution in [0, 0.1) is 10.1 Å². The Morgan fingerprint density at radius 1 is 0.708 bits per heavy atom. The molecule has 0 aromatic carbocycles. The largest absolute Gasteiger partial charge is 0.291 e. The normalized spacial score (nSPS) is 12.2. The Kier molecular flexibility index (Phi) is 17.5. The highest BCUT2D eigenvalue weighted by molar-refractivity contribution is 5.50. The van der Waals surface area contributed by atoms with Gasteiger partial charge in [0, 0.05) is 17.8 Å². The number of hydrogen-bond acceptors (Lipinski definition) is 3. The predicted molar refractivity (Wildman–Crippen MR) is 100 cm³/mol. The van der Waals surface area contributed by atoms with Crippen LogP contribution >= 0.6 is 0 Å². The monoisotopic (exact) mass is 332 g/mol. The number of nitro groups is 1. The average Bonchev–Trinajstić information content (AvgIpc) is 2.56. The SMILES string of the molecule is O=[C]CCCC=CCC=CCC=CCC=CCCCCC[N+](=O)[O-]. The highest BCUT2D eigenvalue weighted by Gasteiger charge is 1.94. The second-order valence-electron chi connectivity index (χ2n) is 5.53. The van der Waals surface area contributed by atoms with Gasteiger partial charge in [-0.3, -0.25) is 14.9 Å². The van der Waals surface area contributed by atoms with E-state index < -0.39 is 0 Å². The molecule has 0 spiro atoms. The van der Waals surface area contributed by atoms with Crippen LogP contribution in [0.3, 0.4) is 0 Å². The summed E-state index contributed by atoms with van der Waals surface area (Å²) in [5.74, 6) is 0. The van der Waals surface area contributed by atoms with Crippen LogP contribution in [0.15, 0.2) is 48.6 Å². The van der Waals surface area contributed by atoms with Crippen molar-refractivity contribution in [2.45, 2.75) is 64.2 Å². The van der Waals surface area contributed by atoms with Crippen molar-refractivity contribution in [3.8, 4) is 0 Å². The molecule has 0 heterocycles. The fourth-order valence-corrected chi connectivity index (χ4v) is 2.02. The molecular weight excluding hydrogens is 302 g/mol. The maximum atomic E-state index is 10.1. The zero-order valence-corrected chi connectivity index (χ0v) is 14.6. The number of allylic oxidation sites excluding steroid dienone is 8. The minimum atomic E-state index is -0.250. The van der Waals surface area contributed by atoms with Gasteiger partial charge >= 0.3 is 0 Å². The first-order valence-electron chi connectivity index (χ1n) is 8.84. The second kappa shape index (κ2) is 19.1. The Labute approximate surface area is 146 Å². The third-order valence-corrected chi connectivity index (χ3v) is 3.34. The van der Waals surface area contributed by atoms with Crippen LogP contribution in [0.4, 0.5) is 0 Å². The maximum absolute atomic E-state index is 10.1. The minimum absolute atomic E-state index is 0.0919. The number of nitrogens with zero attached hydrogens (tertiary/aromatic N) is 1. The van der Waals surface area contributed by atoms with Gasteiger partial charge in [-0.25, -0.2) is 0 Å². The molecule has 0 saturated carbocycles. The standard InChI is InChI=1S/C20H30NO3/c22-20-18-16-14-12-10-8-6-4-2-1-3-5-7-9-11-13-15-17-19-21(23)24/h1,3-4,6-7,9-10,12H,2,5,8,11,13-19H2. The van der Waals surface area contributed by atoms with E-state index in [4.69, 9.17) is 0 Å². The first-order valence-corrected chi connectivity index (χ1v) is 8.84. The van der Waals surface area contributed by atoms with E-state index in [1.165, 1.54) is 0 Å².